The largest absolute Gasteiger partial charge is 0.273 e. The molecule has 128 valence electrons. The van der Waals surface area contributed by atoms with Crippen molar-refractivity contribution < 1.29 is 9.59 Å². The summed E-state index contributed by atoms with van der Waals surface area (Å²) in [6, 6.07) is 7.40. The zero-order chi connectivity index (χ0) is 16.7. The van der Waals surface area contributed by atoms with E-state index in [2.05, 4.69) is 10.9 Å². The van der Waals surface area contributed by atoms with Gasteiger partial charge in [-0.2, -0.15) is 0 Å². The van der Waals surface area contributed by atoms with Crippen LogP contribution in [0.5, 0.6) is 0 Å². The fourth-order valence-electron chi connectivity index (χ4n) is 5.91. The highest BCUT2D eigenvalue weighted by Crippen LogP contribution is 2.61. The van der Waals surface area contributed by atoms with Gasteiger partial charge in [0.05, 0.1) is 0 Å². The van der Waals surface area contributed by atoms with Gasteiger partial charge >= 0.3 is 0 Å². The van der Waals surface area contributed by atoms with Crippen molar-refractivity contribution in [1.82, 2.24) is 10.9 Å². The van der Waals surface area contributed by atoms with Gasteiger partial charge in [-0.15, -0.1) is 0 Å². The molecule has 4 nitrogen and oxygen atoms in total. The van der Waals surface area contributed by atoms with E-state index >= 15 is 0 Å². The monoisotopic (exact) mass is 326 g/mol. The molecular weight excluding hydrogens is 300 g/mol. The van der Waals surface area contributed by atoms with E-state index in [0.29, 0.717) is 12.0 Å². The second-order valence-electron chi connectivity index (χ2n) is 8.41. The Balaban J connectivity index is 1.34. The first-order chi connectivity index (χ1) is 11.5. The van der Waals surface area contributed by atoms with Crippen LogP contribution in [-0.4, -0.2) is 11.8 Å². The molecule has 0 spiro atoms. The molecule has 4 heteroatoms. The van der Waals surface area contributed by atoms with Crippen molar-refractivity contribution in [3.63, 3.8) is 0 Å². The number of hydrogen-bond donors (Lipinski definition) is 2. The first-order valence-corrected chi connectivity index (χ1v) is 9.18. The summed E-state index contributed by atoms with van der Waals surface area (Å²) in [6.45, 7) is 1.90. The Bertz CT molecular complexity index is 632. The number of amides is 2. The maximum absolute atomic E-state index is 12.4. The average molecular weight is 326 g/mol. The summed E-state index contributed by atoms with van der Waals surface area (Å²) in [5, 5.41) is 0. The third kappa shape index (κ3) is 2.94. The summed E-state index contributed by atoms with van der Waals surface area (Å²) in [7, 11) is 0. The van der Waals surface area contributed by atoms with E-state index in [1.54, 1.807) is 6.07 Å². The number of hydrazine groups is 1. The van der Waals surface area contributed by atoms with Crippen LogP contribution in [0.2, 0.25) is 0 Å². The Morgan fingerprint density at radius 2 is 1.58 bits per heavy atom. The highest BCUT2D eigenvalue weighted by Gasteiger charge is 2.51. The predicted molar refractivity (Wildman–Crippen MR) is 92.0 cm³/mol. The fraction of sp³-hybridized carbons (Fsp3) is 0.600. The summed E-state index contributed by atoms with van der Waals surface area (Å²) in [5.74, 6) is 2.23. The summed E-state index contributed by atoms with van der Waals surface area (Å²) in [5.41, 5.74) is 6.94. The molecular formula is C20H26N2O2. The number of aryl methyl sites for hydroxylation is 1. The number of hydrogen-bond acceptors (Lipinski definition) is 2. The number of carbonyl (C=O) groups is 2. The van der Waals surface area contributed by atoms with E-state index < -0.39 is 0 Å². The molecule has 2 N–H and O–H groups in total. The Morgan fingerprint density at radius 3 is 2.17 bits per heavy atom. The van der Waals surface area contributed by atoms with Crippen molar-refractivity contribution in [2.24, 2.45) is 23.2 Å². The van der Waals surface area contributed by atoms with Gasteiger partial charge in [-0.05, 0) is 80.2 Å². The molecule has 1 aromatic rings. The van der Waals surface area contributed by atoms with Gasteiger partial charge in [0, 0.05) is 12.0 Å². The number of rotatable bonds is 3. The molecule has 4 aliphatic carbocycles. The van der Waals surface area contributed by atoms with E-state index in [1.807, 2.05) is 25.1 Å². The SMILES string of the molecule is Cc1ccccc1C(=O)NNC(=O)CC12CC3CC(CC(C3)C1)C2. The predicted octanol–water partition coefficient (Wildman–Crippen LogP) is 3.36. The molecule has 4 fully saturated rings. The van der Waals surface area contributed by atoms with Crippen molar-refractivity contribution in [1.29, 1.82) is 0 Å². The lowest BCUT2D eigenvalue weighted by Gasteiger charge is -2.56. The van der Waals surface area contributed by atoms with Gasteiger partial charge in [-0.25, -0.2) is 0 Å². The molecule has 4 saturated carbocycles. The highest BCUT2D eigenvalue weighted by atomic mass is 16.2. The normalized spacial score (nSPS) is 33.3. The Hall–Kier alpha value is -1.84. The summed E-state index contributed by atoms with van der Waals surface area (Å²) < 4.78 is 0. The lowest BCUT2D eigenvalue weighted by molar-refractivity contribution is -0.130. The second kappa shape index (κ2) is 5.91. The Morgan fingerprint density at radius 1 is 1.00 bits per heavy atom. The van der Waals surface area contributed by atoms with Crippen LogP contribution < -0.4 is 10.9 Å². The van der Waals surface area contributed by atoms with Crippen LogP contribution in [-0.2, 0) is 4.79 Å². The Labute approximate surface area is 143 Å². The highest BCUT2D eigenvalue weighted by molar-refractivity contribution is 5.96. The molecule has 1 aromatic carbocycles. The van der Waals surface area contributed by atoms with E-state index in [4.69, 9.17) is 0 Å². The van der Waals surface area contributed by atoms with Gasteiger partial charge in [-0.3, -0.25) is 20.4 Å². The van der Waals surface area contributed by atoms with Crippen molar-refractivity contribution in [3.05, 3.63) is 35.4 Å². The summed E-state index contributed by atoms with van der Waals surface area (Å²) >= 11 is 0. The van der Waals surface area contributed by atoms with Crippen LogP contribution in [0.15, 0.2) is 24.3 Å². The zero-order valence-corrected chi connectivity index (χ0v) is 14.3. The molecule has 2 amide bonds. The average Bonchev–Trinajstić information content (AvgIpc) is 2.51. The van der Waals surface area contributed by atoms with Gasteiger partial charge in [0.15, 0.2) is 0 Å². The topological polar surface area (TPSA) is 58.2 Å². The van der Waals surface area contributed by atoms with Gasteiger partial charge in [0.2, 0.25) is 5.91 Å². The molecule has 0 aromatic heterocycles. The lowest BCUT2D eigenvalue weighted by Crippen LogP contribution is -2.50. The minimum absolute atomic E-state index is 0.0427. The molecule has 0 atom stereocenters. The molecule has 24 heavy (non-hydrogen) atoms. The van der Waals surface area contributed by atoms with Crippen LogP contribution in [0.3, 0.4) is 0 Å². The molecule has 0 radical (unpaired) electrons. The molecule has 4 aliphatic rings. The third-order valence-electron chi connectivity index (χ3n) is 6.41. The fourth-order valence-corrected chi connectivity index (χ4v) is 5.91. The third-order valence-corrected chi connectivity index (χ3v) is 6.41. The number of benzene rings is 1. The van der Waals surface area contributed by atoms with Crippen molar-refractivity contribution in [3.8, 4) is 0 Å². The minimum atomic E-state index is -0.244. The van der Waals surface area contributed by atoms with Crippen LogP contribution >= 0.6 is 0 Å². The van der Waals surface area contributed by atoms with Crippen LogP contribution in [0.1, 0.15) is 60.9 Å². The molecule has 0 unspecified atom stereocenters. The van der Waals surface area contributed by atoms with Crippen LogP contribution in [0, 0.1) is 30.1 Å². The van der Waals surface area contributed by atoms with Gasteiger partial charge in [-0.1, -0.05) is 18.2 Å². The van der Waals surface area contributed by atoms with Crippen LogP contribution in [0.25, 0.3) is 0 Å². The molecule has 0 aliphatic heterocycles. The standard InChI is InChI=1S/C20H26N2O2/c1-13-4-2-3-5-17(13)19(24)22-21-18(23)12-20-9-14-6-15(10-20)8-16(7-14)11-20/h2-5,14-16H,6-12H2,1H3,(H,21,23)(H,22,24). The summed E-state index contributed by atoms with van der Waals surface area (Å²) in [4.78, 5) is 24.6. The van der Waals surface area contributed by atoms with Crippen molar-refractivity contribution >= 4 is 11.8 Å². The quantitative estimate of drug-likeness (QED) is 0.837. The van der Waals surface area contributed by atoms with E-state index in [0.717, 1.165) is 23.3 Å². The maximum Gasteiger partial charge on any atom is 0.269 e. The summed E-state index contributed by atoms with van der Waals surface area (Å²) in [6.07, 6.45) is 8.32. The molecule has 0 saturated heterocycles. The molecule has 4 bridgehead atoms. The maximum atomic E-state index is 12.4. The zero-order valence-electron chi connectivity index (χ0n) is 14.3. The molecule has 5 rings (SSSR count). The van der Waals surface area contributed by atoms with Crippen molar-refractivity contribution in [2.75, 3.05) is 0 Å². The van der Waals surface area contributed by atoms with Gasteiger partial charge in [0.1, 0.15) is 0 Å². The van der Waals surface area contributed by atoms with Gasteiger partial charge < -0.3 is 0 Å². The number of carbonyl (C=O) groups excluding carboxylic acids is 2. The first kappa shape index (κ1) is 15.7. The second-order valence-corrected chi connectivity index (χ2v) is 8.41. The van der Waals surface area contributed by atoms with E-state index in [-0.39, 0.29) is 17.2 Å². The van der Waals surface area contributed by atoms with Crippen molar-refractivity contribution in [2.45, 2.75) is 51.9 Å². The van der Waals surface area contributed by atoms with Crippen LogP contribution in [0.4, 0.5) is 0 Å². The minimum Gasteiger partial charge on any atom is -0.273 e. The number of nitrogens with one attached hydrogen (secondary N) is 2. The van der Waals surface area contributed by atoms with Gasteiger partial charge in [0.25, 0.3) is 5.91 Å². The smallest absolute Gasteiger partial charge is 0.269 e. The first-order valence-electron chi connectivity index (χ1n) is 9.18. The lowest BCUT2D eigenvalue weighted by atomic mass is 9.49. The Kier molecular flexibility index (Phi) is 3.86. The molecule has 0 heterocycles. The van der Waals surface area contributed by atoms with E-state index in [1.165, 1.54) is 38.5 Å². The van der Waals surface area contributed by atoms with E-state index in [9.17, 15) is 9.59 Å².